The molecule has 44 heavy (non-hydrogen) atoms. The molecule has 3 heterocycles. The molecule has 2 aliphatic rings. The van der Waals surface area contributed by atoms with E-state index in [1.165, 1.54) is 11.6 Å². The maximum Gasteiger partial charge on any atom is 0.362 e. The molecule has 2 aromatic heterocycles. The maximum absolute atomic E-state index is 13.2. The Morgan fingerprint density at radius 3 is 2.66 bits per heavy atom. The number of nitrogens with zero attached hydrogens (tertiary/aromatic N) is 6. The number of carbonyl (C=O) groups is 3. The zero-order valence-electron chi connectivity index (χ0n) is 22.9. The number of guanidine groups is 1. The number of carbonyl (C=O) groups excluding carboxylic acids is 2. The van der Waals surface area contributed by atoms with Gasteiger partial charge in [0.25, 0.3) is 11.8 Å². The van der Waals surface area contributed by atoms with Crippen LogP contribution in [0.4, 0.5) is 5.13 Å². The Morgan fingerprint density at radius 1 is 1.30 bits per heavy atom. The van der Waals surface area contributed by atoms with Crippen molar-refractivity contribution < 1.29 is 42.0 Å². The number of hydrogen-bond acceptors (Lipinski definition) is 15. The molecule has 2 aromatic rings. The molecule has 2 fully saturated rings. The smallest absolute Gasteiger partial charge is 0.362 e. The zero-order valence-corrected chi connectivity index (χ0v) is 24.5. The van der Waals surface area contributed by atoms with E-state index in [0.717, 1.165) is 16.1 Å². The van der Waals surface area contributed by atoms with Gasteiger partial charge >= 0.3 is 16.3 Å². The number of thiazole rings is 1. The first-order chi connectivity index (χ1) is 20.8. The van der Waals surface area contributed by atoms with Crippen LogP contribution < -0.4 is 27.4 Å². The van der Waals surface area contributed by atoms with Crippen LogP contribution in [0.3, 0.4) is 0 Å². The van der Waals surface area contributed by atoms with Gasteiger partial charge in [0.2, 0.25) is 5.60 Å². The second-order valence-corrected chi connectivity index (χ2v) is 11.7. The standard InChI is InChI=1S/C21H30N12O9S2/c22-3-5-41-6-4-25-19(23)26-7-11-8-27-32(30-11)9-13-15(17(35)33(13)44(38,39)40)29-16(34)14(12-10-43-20(24)28-12)31-42-21(1-2-21)18(36)37/h8,10,13,15H,1-7,9,22H2,(H2,24,28)(H,29,34)(H,36,37)(H3,23,25,26)(H,38,39,40)/b31-14-/t13-,15+/m1/s1. The van der Waals surface area contributed by atoms with Crippen molar-refractivity contribution in [3.63, 3.8) is 0 Å². The minimum Gasteiger partial charge on any atom is -0.478 e. The van der Waals surface area contributed by atoms with E-state index >= 15 is 0 Å². The molecule has 10 N–H and O–H groups in total. The average Bonchev–Trinajstić information content (AvgIpc) is 3.42. The molecule has 0 spiro atoms. The molecule has 240 valence electrons. The quantitative estimate of drug-likeness (QED) is 0.0216. The summed E-state index contributed by atoms with van der Waals surface area (Å²) in [4.78, 5) is 47.6. The van der Waals surface area contributed by atoms with Gasteiger partial charge in [-0.05, 0) is 0 Å². The molecular weight excluding hydrogens is 628 g/mol. The lowest BCUT2D eigenvalue weighted by Crippen LogP contribution is -2.73. The van der Waals surface area contributed by atoms with E-state index in [4.69, 9.17) is 26.5 Å². The second kappa shape index (κ2) is 13.5. The van der Waals surface area contributed by atoms with Crippen LogP contribution >= 0.6 is 11.3 Å². The lowest BCUT2D eigenvalue weighted by atomic mass is 9.98. The highest BCUT2D eigenvalue weighted by Crippen LogP contribution is 2.40. The normalized spacial score (nSPS) is 19.2. The summed E-state index contributed by atoms with van der Waals surface area (Å²) in [6.45, 7) is 1.18. The minimum absolute atomic E-state index is 0.0138. The van der Waals surface area contributed by atoms with Crippen LogP contribution in [0.1, 0.15) is 24.2 Å². The summed E-state index contributed by atoms with van der Waals surface area (Å²) in [5.41, 5.74) is 9.16. The Balaban J connectivity index is 1.43. The fourth-order valence-electron chi connectivity index (χ4n) is 3.89. The van der Waals surface area contributed by atoms with Crippen LogP contribution in [0.5, 0.6) is 0 Å². The number of ether oxygens (including phenoxy) is 1. The average molecular weight is 659 g/mol. The first kappa shape index (κ1) is 32.5. The lowest BCUT2D eigenvalue weighted by Gasteiger charge is -2.43. The number of anilines is 1. The third kappa shape index (κ3) is 7.73. The number of oxime groups is 1. The van der Waals surface area contributed by atoms with E-state index in [9.17, 15) is 32.5 Å². The van der Waals surface area contributed by atoms with Crippen LogP contribution in [-0.4, -0.2) is 116 Å². The largest absolute Gasteiger partial charge is 0.478 e. The van der Waals surface area contributed by atoms with E-state index < -0.39 is 51.5 Å². The summed E-state index contributed by atoms with van der Waals surface area (Å²) in [7, 11) is -5.03. The number of nitrogen functional groups attached to an aromatic ring is 1. The third-order valence-electron chi connectivity index (χ3n) is 6.28. The van der Waals surface area contributed by atoms with Crippen LogP contribution in [0.25, 0.3) is 0 Å². The topological polar surface area (TPSA) is 315 Å². The first-order valence-electron chi connectivity index (χ1n) is 12.9. The molecule has 21 nitrogen and oxygen atoms in total. The molecule has 23 heteroatoms. The summed E-state index contributed by atoms with van der Waals surface area (Å²) < 4.78 is 38.9. The Labute approximate surface area is 253 Å². The molecule has 1 saturated heterocycles. The number of nitrogens with one attached hydrogen (secondary N) is 4. The van der Waals surface area contributed by atoms with E-state index in [0.29, 0.717) is 32.0 Å². The number of nitrogens with two attached hydrogens (primary N) is 2. The molecule has 1 saturated carbocycles. The van der Waals surface area contributed by atoms with Crippen LogP contribution in [0.2, 0.25) is 0 Å². The molecule has 4 rings (SSSR count). The second-order valence-electron chi connectivity index (χ2n) is 9.48. The molecule has 1 aliphatic heterocycles. The van der Waals surface area contributed by atoms with Gasteiger partial charge in [0.05, 0.1) is 32.5 Å². The number of hydrogen-bond donors (Lipinski definition) is 8. The molecule has 0 unspecified atom stereocenters. The Hall–Kier alpha value is -4.45. The number of amides is 2. The molecule has 0 bridgehead atoms. The molecule has 0 radical (unpaired) electrons. The van der Waals surface area contributed by atoms with E-state index in [1.54, 1.807) is 0 Å². The highest BCUT2D eigenvalue weighted by molar-refractivity contribution is 7.84. The van der Waals surface area contributed by atoms with Gasteiger partial charge in [0.1, 0.15) is 23.5 Å². The van der Waals surface area contributed by atoms with Gasteiger partial charge < -0.3 is 42.1 Å². The van der Waals surface area contributed by atoms with Crippen molar-refractivity contribution in [1.82, 2.24) is 40.2 Å². The van der Waals surface area contributed by atoms with Crippen molar-refractivity contribution in [3.8, 4) is 0 Å². The molecule has 1 aliphatic carbocycles. The maximum atomic E-state index is 13.2. The van der Waals surface area contributed by atoms with E-state index in [-0.39, 0.29) is 47.0 Å². The summed E-state index contributed by atoms with van der Waals surface area (Å²) in [6.07, 6.45) is 1.65. The fraction of sp³-hybridized carbons (Fsp3) is 0.524. The van der Waals surface area contributed by atoms with Crippen LogP contribution in [0, 0.1) is 5.41 Å². The van der Waals surface area contributed by atoms with Gasteiger partial charge in [-0.15, -0.1) is 11.3 Å². The predicted molar refractivity (Wildman–Crippen MR) is 150 cm³/mol. The van der Waals surface area contributed by atoms with E-state index in [1.807, 2.05) is 0 Å². The molecule has 2 amide bonds. The van der Waals surface area contributed by atoms with Crippen LogP contribution in [-0.2, 0) is 47.4 Å². The predicted octanol–water partition coefficient (Wildman–Crippen LogP) is -3.56. The molecule has 2 atom stereocenters. The number of rotatable bonds is 16. The highest BCUT2D eigenvalue weighted by atomic mass is 32.2. The van der Waals surface area contributed by atoms with E-state index in [2.05, 4.69) is 36.3 Å². The highest BCUT2D eigenvalue weighted by Gasteiger charge is 2.56. The van der Waals surface area contributed by atoms with Gasteiger partial charge in [-0.3, -0.25) is 19.6 Å². The number of β-lactam (4-membered cyclic amide) rings is 1. The van der Waals surface area contributed by atoms with Gasteiger partial charge in [-0.1, -0.05) is 5.16 Å². The van der Waals surface area contributed by atoms with Gasteiger partial charge in [0, 0.05) is 31.3 Å². The van der Waals surface area contributed by atoms with Gasteiger partial charge in [-0.2, -0.15) is 23.4 Å². The number of carboxylic acid groups (broad SMARTS) is 1. The summed E-state index contributed by atoms with van der Waals surface area (Å²) in [6, 6.07) is -2.86. The van der Waals surface area contributed by atoms with Crippen LogP contribution in [0.15, 0.2) is 16.7 Å². The third-order valence-corrected chi connectivity index (χ3v) is 7.90. The van der Waals surface area contributed by atoms with Gasteiger partial charge in [0.15, 0.2) is 16.8 Å². The fourth-order valence-corrected chi connectivity index (χ4v) is 5.31. The minimum atomic E-state index is -5.03. The Kier molecular flexibility index (Phi) is 9.93. The lowest BCUT2D eigenvalue weighted by molar-refractivity contribution is -0.153. The Morgan fingerprint density at radius 2 is 2.05 bits per heavy atom. The summed E-state index contributed by atoms with van der Waals surface area (Å²) in [5.74, 6) is -3.50. The SMILES string of the molecule is N=C(NCCOCCN)NCc1cnn(C[C@@H]2[C@H](NC(=O)/C(=N\OC3(C(=O)O)CC3)c3csc(N)n3)C(=O)N2S(=O)(=O)O)n1. The van der Waals surface area contributed by atoms with Crippen molar-refractivity contribution in [2.24, 2.45) is 10.9 Å². The molecular formula is C21H30N12O9S2. The number of aliphatic carboxylic acids is 1. The van der Waals surface area contributed by atoms with Crippen molar-refractivity contribution in [2.45, 2.75) is 43.6 Å². The Bertz CT molecular complexity index is 1540. The summed E-state index contributed by atoms with van der Waals surface area (Å²) >= 11 is 0.960. The zero-order chi connectivity index (χ0) is 32.1. The van der Waals surface area contributed by atoms with Gasteiger partial charge in [-0.25, -0.2) is 14.1 Å². The first-order valence-corrected chi connectivity index (χ1v) is 15.2. The van der Waals surface area contributed by atoms with Crippen molar-refractivity contribution in [3.05, 3.63) is 23.0 Å². The number of carboxylic acids is 1. The van der Waals surface area contributed by atoms with Crippen molar-refractivity contribution in [2.75, 3.05) is 32.0 Å². The van der Waals surface area contributed by atoms with Crippen molar-refractivity contribution >= 4 is 56.2 Å². The molecule has 0 aromatic carbocycles. The summed E-state index contributed by atoms with van der Waals surface area (Å²) in [5, 5.41) is 38.4. The monoisotopic (exact) mass is 658 g/mol. The van der Waals surface area contributed by atoms with Crippen molar-refractivity contribution in [1.29, 1.82) is 5.41 Å². The number of aromatic nitrogens is 4.